The van der Waals surface area contributed by atoms with E-state index in [-0.39, 0.29) is 0 Å². The highest BCUT2D eigenvalue weighted by molar-refractivity contribution is 6.30. The number of nitrogens with zero attached hydrogens (tertiary/aromatic N) is 1. The minimum absolute atomic E-state index is 0.499. The molecule has 0 aliphatic carbocycles. The van der Waals surface area contributed by atoms with Gasteiger partial charge in [0.2, 0.25) is 0 Å². The average molecular weight is 227 g/mol. The monoisotopic (exact) mass is 226 g/mol. The summed E-state index contributed by atoms with van der Waals surface area (Å²) in [5.74, 6) is 0.499. The zero-order valence-electron chi connectivity index (χ0n) is 9.41. The van der Waals surface area contributed by atoms with Gasteiger partial charge in [0.1, 0.15) is 0 Å². The van der Waals surface area contributed by atoms with Crippen molar-refractivity contribution in [1.29, 1.82) is 0 Å². The molecule has 1 unspecified atom stereocenters. The number of hydrogen-bond acceptors (Lipinski definition) is 2. The fraction of sp³-hybridized carbons (Fsp3) is 0.500. The zero-order valence-corrected chi connectivity index (χ0v) is 10.2. The first kappa shape index (κ1) is 12.5. The summed E-state index contributed by atoms with van der Waals surface area (Å²) >= 11 is 5.94. The summed E-state index contributed by atoms with van der Waals surface area (Å²) in [5, 5.41) is 0.799. The molecule has 0 radical (unpaired) electrons. The molecule has 0 amide bonds. The Morgan fingerprint density at radius 1 is 1.40 bits per heavy atom. The first-order chi connectivity index (χ1) is 7.11. The highest BCUT2D eigenvalue weighted by atomic mass is 35.5. The lowest BCUT2D eigenvalue weighted by Crippen LogP contribution is -2.29. The van der Waals surface area contributed by atoms with Gasteiger partial charge < -0.3 is 10.6 Å². The summed E-state index contributed by atoms with van der Waals surface area (Å²) in [6, 6.07) is 8.00. The van der Waals surface area contributed by atoms with Crippen molar-refractivity contribution in [2.45, 2.75) is 6.42 Å². The molecule has 15 heavy (non-hydrogen) atoms. The predicted molar refractivity (Wildman–Crippen MR) is 66.3 cm³/mol. The van der Waals surface area contributed by atoms with E-state index in [1.54, 1.807) is 0 Å². The summed E-state index contributed by atoms with van der Waals surface area (Å²) in [5.41, 5.74) is 7.01. The highest BCUT2D eigenvalue weighted by Gasteiger charge is 2.09. The van der Waals surface area contributed by atoms with Crippen molar-refractivity contribution in [3.05, 3.63) is 34.9 Å². The van der Waals surface area contributed by atoms with Gasteiger partial charge in [-0.2, -0.15) is 0 Å². The molecule has 1 aromatic rings. The van der Waals surface area contributed by atoms with Crippen LogP contribution in [-0.2, 0) is 6.42 Å². The van der Waals surface area contributed by atoms with E-state index in [0.29, 0.717) is 12.5 Å². The molecule has 2 nitrogen and oxygen atoms in total. The molecule has 0 bridgehead atoms. The molecular weight excluding hydrogens is 208 g/mol. The van der Waals surface area contributed by atoms with E-state index in [0.717, 1.165) is 18.0 Å². The van der Waals surface area contributed by atoms with Crippen molar-refractivity contribution in [3.8, 4) is 0 Å². The van der Waals surface area contributed by atoms with Crippen molar-refractivity contribution < 1.29 is 0 Å². The SMILES string of the molecule is CN(C)CC(CN)Cc1cccc(Cl)c1. The molecule has 0 spiro atoms. The van der Waals surface area contributed by atoms with Crippen LogP contribution in [0, 0.1) is 5.92 Å². The first-order valence-corrected chi connectivity index (χ1v) is 5.59. The van der Waals surface area contributed by atoms with Crippen molar-refractivity contribution in [1.82, 2.24) is 4.90 Å². The van der Waals surface area contributed by atoms with Gasteiger partial charge in [0, 0.05) is 11.6 Å². The fourth-order valence-corrected chi connectivity index (χ4v) is 1.95. The van der Waals surface area contributed by atoms with E-state index in [1.165, 1.54) is 5.56 Å². The maximum atomic E-state index is 5.94. The molecule has 0 aliphatic rings. The van der Waals surface area contributed by atoms with Gasteiger partial charge in [0.15, 0.2) is 0 Å². The van der Waals surface area contributed by atoms with Crippen LogP contribution < -0.4 is 5.73 Å². The Kier molecular flexibility index (Phi) is 5.09. The van der Waals surface area contributed by atoms with Gasteiger partial charge >= 0.3 is 0 Å². The molecule has 0 heterocycles. The van der Waals surface area contributed by atoms with Gasteiger partial charge in [-0.3, -0.25) is 0 Å². The minimum atomic E-state index is 0.499. The maximum Gasteiger partial charge on any atom is 0.0408 e. The summed E-state index contributed by atoms with van der Waals surface area (Å²) in [7, 11) is 4.14. The van der Waals surface area contributed by atoms with E-state index in [2.05, 4.69) is 25.1 Å². The molecule has 2 N–H and O–H groups in total. The third kappa shape index (κ3) is 4.65. The summed E-state index contributed by atoms with van der Waals surface area (Å²) in [6.07, 6.45) is 0.995. The fourth-order valence-electron chi connectivity index (χ4n) is 1.74. The first-order valence-electron chi connectivity index (χ1n) is 5.21. The Morgan fingerprint density at radius 3 is 2.67 bits per heavy atom. The number of halogens is 1. The molecule has 1 aromatic carbocycles. The summed E-state index contributed by atoms with van der Waals surface area (Å²) < 4.78 is 0. The summed E-state index contributed by atoms with van der Waals surface area (Å²) in [4.78, 5) is 2.17. The molecule has 0 saturated heterocycles. The number of rotatable bonds is 5. The lowest BCUT2D eigenvalue weighted by atomic mass is 9.99. The molecule has 1 atom stereocenters. The molecule has 0 aliphatic heterocycles. The molecule has 0 saturated carbocycles. The quantitative estimate of drug-likeness (QED) is 0.833. The zero-order chi connectivity index (χ0) is 11.3. The smallest absolute Gasteiger partial charge is 0.0408 e. The van der Waals surface area contributed by atoms with Gasteiger partial charge in [-0.1, -0.05) is 23.7 Å². The average Bonchev–Trinajstić information content (AvgIpc) is 2.16. The maximum absolute atomic E-state index is 5.94. The second-order valence-corrected chi connectivity index (χ2v) is 4.63. The van der Waals surface area contributed by atoms with Crippen molar-refractivity contribution >= 4 is 11.6 Å². The van der Waals surface area contributed by atoms with Gasteiger partial charge in [-0.25, -0.2) is 0 Å². The number of benzene rings is 1. The van der Waals surface area contributed by atoms with E-state index in [9.17, 15) is 0 Å². The Balaban J connectivity index is 2.58. The predicted octanol–water partition coefficient (Wildman–Crippen LogP) is 2.02. The number of hydrogen-bond donors (Lipinski definition) is 1. The van der Waals surface area contributed by atoms with Crippen LogP contribution in [0.1, 0.15) is 5.56 Å². The van der Waals surface area contributed by atoms with Crippen LogP contribution in [0.4, 0.5) is 0 Å². The van der Waals surface area contributed by atoms with Crippen LogP contribution in [0.2, 0.25) is 5.02 Å². The standard InChI is InChI=1S/C12H19ClN2/c1-15(2)9-11(8-14)6-10-4-3-5-12(13)7-10/h3-5,7,11H,6,8-9,14H2,1-2H3. The van der Waals surface area contributed by atoms with Crippen LogP contribution >= 0.6 is 11.6 Å². The summed E-state index contributed by atoms with van der Waals surface area (Å²) in [6.45, 7) is 1.73. The van der Waals surface area contributed by atoms with Crippen molar-refractivity contribution in [2.75, 3.05) is 27.2 Å². The third-order valence-corrected chi connectivity index (χ3v) is 2.61. The van der Waals surface area contributed by atoms with E-state index >= 15 is 0 Å². The molecule has 1 rings (SSSR count). The van der Waals surface area contributed by atoms with Gasteiger partial charge in [-0.05, 0) is 50.7 Å². The molecule has 0 aromatic heterocycles. The van der Waals surface area contributed by atoms with Gasteiger partial charge in [0.25, 0.3) is 0 Å². The second-order valence-electron chi connectivity index (χ2n) is 4.20. The largest absolute Gasteiger partial charge is 0.330 e. The molecule has 84 valence electrons. The van der Waals surface area contributed by atoms with E-state index < -0.39 is 0 Å². The Morgan fingerprint density at radius 2 is 2.13 bits per heavy atom. The lowest BCUT2D eigenvalue weighted by Gasteiger charge is -2.19. The molecule has 3 heteroatoms. The van der Waals surface area contributed by atoms with Gasteiger partial charge in [0.05, 0.1) is 0 Å². The van der Waals surface area contributed by atoms with E-state index in [1.807, 2.05) is 18.2 Å². The minimum Gasteiger partial charge on any atom is -0.330 e. The molecular formula is C12H19ClN2. The Hall–Kier alpha value is -0.570. The van der Waals surface area contributed by atoms with Crippen LogP contribution in [0.25, 0.3) is 0 Å². The van der Waals surface area contributed by atoms with Crippen molar-refractivity contribution in [2.24, 2.45) is 11.7 Å². The lowest BCUT2D eigenvalue weighted by molar-refractivity contribution is 0.327. The normalized spacial score (nSPS) is 13.1. The Bertz CT molecular complexity index is 299. The number of nitrogens with two attached hydrogens (primary N) is 1. The van der Waals surface area contributed by atoms with E-state index in [4.69, 9.17) is 17.3 Å². The van der Waals surface area contributed by atoms with Crippen LogP contribution in [0.5, 0.6) is 0 Å². The highest BCUT2D eigenvalue weighted by Crippen LogP contribution is 2.14. The molecule has 0 fully saturated rings. The van der Waals surface area contributed by atoms with Crippen molar-refractivity contribution in [3.63, 3.8) is 0 Å². The van der Waals surface area contributed by atoms with Crippen LogP contribution in [0.15, 0.2) is 24.3 Å². The Labute approximate surface area is 97.0 Å². The van der Waals surface area contributed by atoms with Crippen LogP contribution in [0.3, 0.4) is 0 Å². The van der Waals surface area contributed by atoms with Crippen LogP contribution in [-0.4, -0.2) is 32.1 Å². The topological polar surface area (TPSA) is 29.3 Å². The third-order valence-electron chi connectivity index (χ3n) is 2.37. The van der Waals surface area contributed by atoms with Gasteiger partial charge in [-0.15, -0.1) is 0 Å². The second kappa shape index (κ2) is 6.11.